The van der Waals surface area contributed by atoms with Gasteiger partial charge in [0.25, 0.3) is 0 Å². The summed E-state index contributed by atoms with van der Waals surface area (Å²) in [6.07, 6.45) is 6.58. The Morgan fingerprint density at radius 3 is 2.00 bits per heavy atom. The average molecular weight is 255 g/mol. The molecule has 0 radical (unpaired) electrons. The van der Waals surface area contributed by atoms with E-state index in [4.69, 9.17) is 0 Å². The van der Waals surface area contributed by atoms with E-state index in [-0.39, 0.29) is 0 Å². The van der Waals surface area contributed by atoms with E-state index in [2.05, 4.69) is 53.8 Å². The van der Waals surface area contributed by atoms with Crippen molar-refractivity contribution < 1.29 is 0 Å². The normalized spacial score (nSPS) is 17.5. The summed E-state index contributed by atoms with van der Waals surface area (Å²) in [6, 6.07) is 0.709. The second kappa shape index (κ2) is 8.96. The lowest BCUT2D eigenvalue weighted by Crippen LogP contribution is -2.35. The van der Waals surface area contributed by atoms with E-state index in [1.807, 2.05) is 0 Å². The van der Waals surface area contributed by atoms with Gasteiger partial charge in [0.15, 0.2) is 0 Å². The van der Waals surface area contributed by atoms with Crippen LogP contribution in [0.4, 0.5) is 0 Å². The van der Waals surface area contributed by atoms with Gasteiger partial charge in [0.2, 0.25) is 0 Å². The minimum atomic E-state index is 0.431. The molecule has 0 fully saturated rings. The molecule has 3 atom stereocenters. The zero-order chi connectivity index (χ0) is 14.2. The minimum Gasteiger partial charge on any atom is -0.314 e. The highest BCUT2D eigenvalue weighted by atomic mass is 14.9. The van der Waals surface area contributed by atoms with Crippen molar-refractivity contribution in [1.29, 1.82) is 0 Å². The van der Waals surface area contributed by atoms with E-state index < -0.39 is 0 Å². The summed E-state index contributed by atoms with van der Waals surface area (Å²) in [7, 11) is 0. The van der Waals surface area contributed by atoms with Crippen LogP contribution in [0.5, 0.6) is 0 Å². The van der Waals surface area contributed by atoms with Gasteiger partial charge in [-0.15, -0.1) is 0 Å². The monoisotopic (exact) mass is 255 g/mol. The molecule has 0 rings (SSSR count). The van der Waals surface area contributed by atoms with Gasteiger partial charge >= 0.3 is 0 Å². The van der Waals surface area contributed by atoms with Crippen LogP contribution < -0.4 is 5.32 Å². The Morgan fingerprint density at radius 1 is 0.944 bits per heavy atom. The van der Waals surface area contributed by atoms with Crippen LogP contribution in [0.15, 0.2) is 0 Å². The molecule has 18 heavy (non-hydrogen) atoms. The average Bonchev–Trinajstić information content (AvgIpc) is 2.24. The number of hydrogen-bond donors (Lipinski definition) is 1. The standard InChI is InChI=1S/C17H37N/c1-8-10-14(3)12-16(18-11-9-2)13-15(4)17(5,6)7/h14-16,18H,8-13H2,1-7H3. The Kier molecular flexibility index (Phi) is 8.94. The molecule has 0 saturated heterocycles. The van der Waals surface area contributed by atoms with Crippen LogP contribution in [0.25, 0.3) is 0 Å². The van der Waals surface area contributed by atoms with Crippen LogP contribution >= 0.6 is 0 Å². The summed E-state index contributed by atoms with van der Waals surface area (Å²) in [6.45, 7) is 17.6. The first-order chi connectivity index (χ1) is 8.31. The Morgan fingerprint density at radius 2 is 1.56 bits per heavy atom. The van der Waals surface area contributed by atoms with Gasteiger partial charge in [-0.3, -0.25) is 0 Å². The van der Waals surface area contributed by atoms with Crippen molar-refractivity contribution in [3.63, 3.8) is 0 Å². The third-order valence-corrected chi connectivity index (χ3v) is 4.27. The highest BCUT2D eigenvalue weighted by Gasteiger charge is 2.24. The molecule has 0 heterocycles. The zero-order valence-corrected chi connectivity index (χ0v) is 14.0. The van der Waals surface area contributed by atoms with Gasteiger partial charge in [-0.25, -0.2) is 0 Å². The van der Waals surface area contributed by atoms with Crippen LogP contribution in [0.2, 0.25) is 0 Å². The molecule has 1 nitrogen and oxygen atoms in total. The quantitative estimate of drug-likeness (QED) is 0.593. The van der Waals surface area contributed by atoms with Crippen molar-refractivity contribution in [3.05, 3.63) is 0 Å². The van der Waals surface area contributed by atoms with Crippen molar-refractivity contribution in [1.82, 2.24) is 5.32 Å². The Balaban J connectivity index is 4.30. The molecule has 0 aliphatic rings. The molecule has 0 spiro atoms. The van der Waals surface area contributed by atoms with Gasteiger partial charge < -0.3 is 5.32 Å². The maximum Gasteiger partial charge on any atom is 0.00723 e. The highest BCUT2D eigenvalue weighted by Crippen LogP contribution is 2.30. The van der Waals surface area contributed by atoms with Crippen LogP contribution in [0.1, 0.15) is 80.6 Å². The zero-order valence-electron chi connectivity index (χ0n) is 14.0. The van der Waals surface area contributed by atoms with E-state index in [1.165, 1.54) is 38.6 Å². The van der Waals surface area contributed by atoms with Gasteiger partial charge in [-0.05, 0) is 43.1 Å². The second-order valence-corrected chi connectivity index (χ2v) is 7.28. The molecule has 110 valence electrons. The topological polar surface area (TPSA) is 12.0 Å². The second-order valence-electron chi connectivity index (χ2n) is 7.28. The van der Waals surface area contributed by atoms with E-state index in [1.54, 1.807) is 0 Å². The van der Waals surface area contributed by atoms with Crippen molar-refractivity contribution >= 4 is 0 Å². The summed E-state index contributed by atoms with van der Waals surface area (Å²) in [4.78, 5) is 0. The van der Waals surface area contributed by atoms with Gasteiger partial charge in [-0.1, -0.05) is 61.3 Å². The van der Waals surface area contributed by atoms with Crippen LogP contribution in [-0.2, 0) is 0 Å². The third-order valence-electron chi connectivity index (χ3n) is 4.27. The first kappa shape index (κ1) is 18.0. The van der Waals surface area contributed by atoms with Crippen molar-refractivity contribution in [2.24, 2.45) is 17.3 Å². The minimum absolute atomic E-state index is 0.431. The number of rotatable bonds is 9. The van der Waals surface area contributed by atoms with Crippen LogP contribution in [-0.4, -0.2) is 12.6 Å². The lowest BCUT2D eigenvalue weighted by molar-refractivity contribution is 0.210. The SMILES string of the molecule is CCCNC(CC(C)CCC)CC(C)C(C)(C)C. The summed E-state index contributed by atoms with van der Waals surface area (Å²) < 4.78 is 0. The maximum absolute atomic E-state index is 3.76. The van der Waals surface area contributed by atoms with Gasteiger partial charge in [-0.2, -0.15) is 0 Å². The largest absolute Gasteiger partial charge is 0.314 e. The van der Waals surface area contributed by atoms with Gasteiger partial charge in [0, 0.05) is 6.04 Å². The first-order valence-electron chi connectivity index (χ1n) is 8.04. The predicted octanol–water partition coefficient (Wildman–Crippen LogP) is 5.25. The molecule has 0 aromatic carbocycles. The first-order valence-corrected chi connectivity index (χ1v) is 8.04. The molecule has 0 bridgehead atoms. The fourth-order valence-corrected chi connectivity index (χ4v) is 2.49. The molecule has 0 aromatic heterocycles. The molecular formula is C17H37N. The molecule has 1 N–H and O–H groups in total. The summed E-state index contributed by atoms with van der Waals surface area (Å²) in [5, 5.41) is 3.76. The smallest absolute Gasteiger partial charge is 0.00723 e. The maximum atomic E-state index is 3.76. The number of nitrogens with one attached hydrogen (secondary N) is 1. The van der Waals surface area contributed by atoms with Gasteiger partial charge in [0.1, 0.15) is 0 Å². The van der Waals surface area contributed by atoms with Crippen LogP contribution in [0, 0.1) is 17.3 Å². The fourth-order valence-electron chi connectivity index (χ4n) is 2.49. The molecule has 0 saturated carbocycles. The van der Waals surface area contributed by atoms with Gasteiger partial charge in [0.05, 0.1) is 0 Å². The molecular weight excluding hydrogens is 218 g/mol. The Bertz CT molecular complexity index is 192. The molecule has 0 aliphatic carbocycles. The van der Waals surface area contributed by atoms with E-state index >= 15 is 0 Å². The van der Waals surface area contributed by atoms with E-state index in [0.29, 0.717) is 11.5 Å². The molecule has 0 aromatic rings. The number of hydrogen-bond acceptors (Lipinski definition) is 1. The summed E-state index contributed by atoms with van der Waals surface area (Å²) in [5.74, 6) is 1.64. The fraction of sp³-hybridized carbons (Fsp3) is 1.00. The lowest BCUT2D eigenvalue weighted by Gasteiger charge is -2.32. The Labute approximate surface area is 116 Å². The van der Waals surface area contributed by atoms with Crippen LogP contribution in [0.3, 0.4) is 0 Å². The van der Waals surface area contributed by atoms with Crippen molar-refractivity contribution in [2.75, 3.05) is 6.54 Å². The molecule has 0 aliphatic heterocycles. The molecule has 3 unspecified atom stereocenters. The summed E-state index contributed by atoms with van der Waals surface area (Å²) >= 11 is 0. The molecule has 0 amide bonds. The predicted molar refractivity (Wildman–Crippen MR) is 84.0 cm³/mol. The van der Waals surface area contributed by atoms with E-state index in [9.17, 15) is 0 Å². The van der Waals surface area contributed by atoms with Crippen molar-refractivity contribution in [2.45, 2.75) is 86.6 Å². The summed E-state index contributed by atoms with van der Waals surface area (Å²) in [5.41, 5.74) is 0.431. The highest BCUT2D eigenvalue weighted by molar-refractivity contribution is 4.78. The molecule has 1 heteroatoms. The van der Waals surface area contributed by atoms with E-state index in [0.717, 1.165) is 11.8 Å². The Hall–Kier alpha value is -0.0400. The van der Waals surface area contributed by atoms with Crippen molar-refractivity contribution in [3.8, 4) is 0 Å². The lowest BCUT2D eigenvalue weighted by atomic mass is 9.77. The third kappa shape index (κ3) is 8.13.